The quantitative estimate of drug-likeness (QED) is 0.289. The minimum absolute atomic E-state index is 0.0208. The number of hydrogen-bond acceptors (Lipinski definition) is 8. The molecule has 3 N–H and O–H groups in total. The highest BCUT2D eigenvalue weighted by molar-refractivity contribution is 5.92. The first-order valence-electron chi connectivity index (χ1n) is 18.4. The molecule has 0 spiro atoms. The van der Waals surface area contributed by atoms with Gasteiger partial charge in [-0.15, -0.1) is 0 Å². The number of carbonyl (C=O) groups excluding carboxylic acids is 4. The Balaban J connectivity index is 0.999. The van der Waals surface area contributed by atoms with E-state index in [9.17, 15) is 29.4 Å². The van der Waals surface area contributed by atoms with Gasteiger partial charge in [-0.1, -0.05) is 49.8 Å². The topological polar surface area (TPSA) is 139 Å². The van der Waals surface area contributed by atoms with Crippen LogP contribution in [0.5, 0.6) is 0 Å². The van der Waals surface area contributed by atoms with E-state index in [2.05, 4.69) is 38.2 Å². The van der Waals surface area contributed by atoms with Gasteiger partial charge < -0.3 is 25.0 Å². The summed E-state index contributed by atoms with van der Waals surface area (Å²) in [5, 5.41) is 26.5. The molecule has 1 saturated heterocycles. The minimum Gasteiger partial charge on any atom is -0.458 e. The van der Waals surface area contributed by atoms with Crippen LogP contribution in [0, 0.1) is 28.6 Å². The number of carbonyl (C=O) groups is 4. The molecule has 1 unspecified atom stereocenters. The van der Waals surface area contributed by atoms with Gasteiger partial charge in [0.2, 0.25) is 11.7 Å². The maximum atomic E-state index is 13.6. The fraction of sp³-hybridized carbons (Fsp3) is 0.700. The van der Waals surface area contributed by atoms with Crippen molar-refractivity contribution in [3.8, 4) is 0 Å². The lowest BCUT2D eigenvalue weighted by Crippen LogP contribution is -2.62. The van der Waals surface area contributed by atoms with Crippen molar-refractivity contribution in [3.05, 3.63) is 47.5 Å². The van der Waals surface area contributed by atoms with E-state index in [0.717, 1.165) is 44.1 Å². The molecular weight excluding hydrogens is 622 g/mol. The zero-order chi connectivity index (χ0) is 35.2. The van der Waals surface area contributed by atoms with Crippen LogP contribution in [0.2, 0.25) is 0 Å². The van der Waals surface area contributed by atoms with E-state index in [0.29, 0.717) is 26.0 Å². The number of allylic oxidation sites excluding steroid dienone is 1. The second kappa shape index (κ2) is 13.3. The number of hydrogen-bond donors (Lipinski definition) is 3. The van der Waals surface area contributed by atoms with Gasteiger partial charge in [0.05, 0.1) is 18.1 Å². The van der Waals surface area contributed by atoms with Crippen molar-refractivity contribution in [1.82, 2.24) is 5.32 Å². The fourth-order valence-electron chi connectivity index (χ4n) is 11.1. The molecule has 0 aromatic heterocycles. The lowest BCUT2D eigenvalue weighted by molar-refractivity contribution is -0.184. The number of fused-ring (bicyclic) bond motifs is 5. The lowest BCUT2D eigenvalue weighted by Gasteiger charge is -2.60. The third-order valence-electron chi connectivity index (χ3n) is 13.6. The van der Waals surface area contributed by atoms with Gasteiger partial charge in [0.1, 0.15) is 5.60 Å². The average molecular weight is 678 g/mol. The average Bonchev–Trinajstić information content (AvgIpc) is 3.33. The van der Waals surface area contributed by atoms with Gasteiger partial charge in [-0.3, -0.25) is 19.2 Å². The van der Waals surface area contributed by atoms with Gasteiger partial charge in [-0.2, -0.15) is 0 Å². The molecule has 0 radical (unpaired) electrons. The number of esters is 1. The van der Waals surface area contributed by atoms with Crippen molar-refractivity contribution in [2.24, 2.45) is 28.6 Å². The first-order valence-corrected chi connectivity index (χ1v) is 18.4. The first kappa shape index (κ1) is 35.9. The lowest BCUT2D eigenvalue weighted by atomic mass is 9.45. The van der Waals surface area contributed by atoms with Crippen molar-refractivity contribution in [1.29, 1.82) is 0 Å². The molecule has 8 atom stereocenters. The Morgan fingerprint density at radius 1 is 1.00 bits per heavy atom. The van der Waals surface area contributed by atoms with Crippen LogP contribution in [0.25, 0.3) is 0 Å². The van der Waals surface area contributed by atoms with Gasteiger partial charge in [0.15, 0.2) is 12.4 Å². The Hall–Kier alpha value is -2.88. The number of aliphatic hydroxyl groups is 2. The van der Waals surface area contributed by atoms with E-state index >= 15 is 0 Å². The van der Waals surface area contributed by atoms with Gasteiger partial charge in [0, 0.05) is 36.8 Å². The van der Waals surface area contributed by atoms with Crippen LogP contribution in [-0.4, -0.2) is 70.7 Å². The van der Waals surface area contributed by atoms with E-state index < -0.39 is 35.5 Å². The molecule has 6 rings (SSSR count). The minimum atomic E-state index is -1.71. The number of ketones is 2. The third kappa shape index (κ3) is 6.56. The summed E-state index contributed by atoms with van der Waals surface area (Å²) in [4.78, 5) is 51.2. The number of amides is 1. The molecule has 4 fully saturated rings. The molecule has 1 heterocycles. The molecular formula is C40H55NO8. The molecule has 1 aromatic rings. The Bertz CT molecular complexity index is 1490. The van der Waals surface area contributed by atoms with Crippen LogP contribution in [-0.2, 0) is 34.1 Å². The predicted molar refractivity (Wildman–Crippen MR) is 183 cm³/mol. The van der Waals surface area contributed by atoms with E-state index in [1.165, 1.54) is 5.56 Å². The molecule has 1 aliphatic heterocycles. The van der Waals surface area contributed by atoms with E-state index in [-0.39, 0.29) is 71.6 Å². The van der Waals surface area contributed by atoms with Crippen LogP contribution >= 0.6 is 0 Å². The molecule has 1 amide bonds. The zero-order valence-electron chi connectivity index (χ0n) is 29.7. The second-order valence-corrected chi connectivity index (χ2v) is 16.8. The summed E-state index contributed by atoms with van der Waals surface area (Å²) in [7, 11) is 0. The summed E-state index contributed by atoms with van der Waals surface area (Å²) in [6, 6.07) is 10.4. The SMILES string of the molecule is CC1(C)CC(CCNC(=O)CCC(=O)OCC(=O)[C@@]2(O)CC[C@H]3[C@@H]4CCC5=CC(=O)CC[C@]5(C)[C@H]4[C@@H](O)C[C@@]32C)(c2ccccc2)CCO1. The summed E-state index contributed by atoms with van der Waals surface area (Å²) in [5.74, 6) is -1.15. The summed E-state index contributed by atoms with van der Waals surface area (Å²) < 4.78 is 11.3. The van der Waals surface area contributed by atoms with Crippen molar-refractivity contribution >= 4 is 23.4 Å². The number of rotatable bonds is 10. The summed E-state index contributed by atoms with van der Waals surface area (Å²) >= 11 is 0. The number of nitrogens with one attached hydrogen (secondary N) is 1. The molecule has 3 saturated carbocycles. The van der Waals surface area contributed by atoms with Crippen LogP contribution < -0.4 is 5.32 Å². The van der Waals surface area contributed by atoms with Gasteiger partial charge in [-0.25, -0.2) is 0 Å². The monoisotopic (exact) mass is 677 g/mol. The van der Waals surface area contributed by atoms with Crippen LogP contribution in [0.1, 0.15) is 110 Å². The predicted octanol–water partition coefficient (Wildman–Crippen LogP) is 5.15. The molecule has 5 aliphatic rings. The summed E-state index contributed by atoms with van der Waals surface area (Å²) in [6.45, 7) is 8.84. The van der Waals surface area contributed by atoms with Crippen LogP contribution in [0.15, 0.2) is 42.0 Å². The number of ether oxygens (including phenoxy) is 2. The van der Waals surface area contributed by atoms with E-state index in [4.69, 9.17) is 9.47 Å². The van der Waals surface area contributed by atoms with Crippen molar-refractivity contribution in [3.63, 3.8) is 0 Å². The van der Waals surface area contributed by atoms with Crippen LogP contribution in [0.4, 0.5) is 0 Å². The zero-order valence-corrected chi connectivity index (χ0v) is 29.7. The fourth-order valence-corrected chi connectivity index (χ4v) is 11.1. The smallest absolute Gasteiger partial charge is 0.306 e. The Labute approximate surface area is 290 Å². The number of aliphatic hydroxyl groups excluding tert-OH is 1. The number of Topliss-reactive ketones (excluding diaryl/α,β-unsaturated/α-hetero) is 1. The van der Waals surface area contributed by atoms with Crippen molar-refractivity contribution in [2.45, 2.75) is 127 Å². The molecule has 1 aromatic carbocycles. The Morgan fingerprint density at radius 2 is 1.76 bits per heavy atom. The summed E-state index contributed by atoms with van der Waals surface area (Å²) in [5.41, 5.74) is -0.833. The molecule has 4 aliphatic carbocycles. The maximum Gasteiger partial charge on any atom is 0.306 e. The highest BCUT2D eigenvalue weighted by atomic mass is 16.5. The summed E-state index contributed by atoms with van der Waals surface area (Å²) in [6.07, 6.45) is 7.32. The third-order valence-corrected chi connectivity index (χ3v) is 13.6. The van der Waals surface area contributed by atoms with Crippen molar-refractivity contribution < 1.29 is 38.9 Å². The van der Waals surface area contributed by atoms with Crippen LogP contribution in [0.3, 0.4) is 0 Å². The van der Waals surface area contributed by atoms with E-state index in [1.54, 1.807) is 6.08 Å². The maximum absolute atomic E-state index is 13.6. The molecule has 9 nitrogen and oxygen atoms in total. The van der Waals surface area contributed by atoms with Gasteiger partial charge in [-0.05, 0) is 106 Å². The highest BCUT2D eigenvalue weighted by Gasteiger charge is 2.68. The normalized spacial score (nSPS) is 38.0. The molecule has 0 bridgehead atoms. The highest BCUT2D eigenvalue weighted by Crippen LogP contribution is 2.67. The van der Waals surface area contributed by atoms with Gasteiger partial charge >= 0.3 is 5.97 Å². The largest absolute Gasteiger partial charge is 0.458 e. The standard InChI is InChI=1S/C40H55NO8/c1-36(2)25-39(19-21-49-36,26-8-6-5-7-9-26)18-20-41-33(45)12-13-34(46)48-24-32(44)40(47)17-15-30-29-11-10-27-22-28(42)14-16-37(27,3)35(29)31(43)23-38(30,40)4/h5-9,22,29-31,35,43,47H,10-21,23-25H2,1-4H3,(H,41,45)/t29-,30-,31-,35+,37-,38-,39?,40-/m0/s1. The Kier molecular flexibility index (Phi) is 9.79. The van der Waals surface area contributed by atoms with Gasteiger partial charge in [0.25, 0.3) is 0 Å². The second-order valence-electron chi connectivity index (χ2n) is 16.8. The van der Waals surface area contributed by atoms with E-state index in [1.807, 2.05) is 25.1 Å². The molecule has 49 heavy (non-hydrogen) atoms. The first-order chi connectivity index (χ1) is 23.1. The molecule has 9 heteroatoms. The van der Waals surface area contributed by atoms with Crippen molar-refractivity contribution in [2.75, 3.05) is 19.8 Å². The molecule has 268 valence electrons. The Morgan fingerprint density at radius 3 is 2.49 bits per heavy atom. The number of benzene rings is 1.